The molecule has 2 atom stereocenters. The number of carbonyl (C=O) groups is 1. The van der Waals surface area contributed by atoms with E-state index in [1.807, 2.05) is 36.1 Å². The van der Waals surface area contributed by atoms with Gasteiger partial charge >= 0.3 is 0 Å². The molecule has 0 radical (unpaired) electrons. The maximum Gasteiger partial charge on any atom is 0.224 e. The molecular formula is C21H28Cl3N3O. The van der Waals surface area contributed by atoms with Crippen molar-refractivity contribution >= 4 is 42.3 Å². The maximum atomic E-state index is 12.3. The standard InChI is InChI=1S/C21H26ClN3O.2ClH/c1-16(23)15-20(26)24-11-13-25(14-12-24)21(17-7-3-2-4-8-17)18-9-5-6-10-19(18)22;;/h2-10,16,21H,11-15,23H2,1H3;2*1H. The minimum absolute atomic E-state index is 0. The second-order valence-corrected chi connectivity index (χ2v) is 7.34. The third-order valence-electron chi connectivity index (χ3n) is 4.84. The molecule has 0 aromatic heterocycles. The van der Waals surface area contributed by atoms with E-state index in [2.05, 4.69) is 35.2 Å². The number of piperazine rings is 1. The van der Waals surface area contributed by atoms with Gasteiger partial charge in [-0.3, -0.25) is 9.69 Å². The predicted octanol–water partition coefficient (Wildman–Crippen LogP) is 4.15. The molecule has 1 amide bonds. The smallest absolute Gasteiger partial charge is 0.224 e. The number of amides is 1. The van der Waals surface area contributed by atoms with Crippen LogP contribution in [0.2, 0.25) is 5.02 Å². The van der Waals surface area contributed by atoms with Crippen LogP contribution in [0.5, 0.6) is 0 Å². The third kappa shape index (κ3) is 6.10. The second kappa shape index (κ2) is 11.6. The van der Waals surface area contributed by atoms with Gasteiger partial charge in [0.15, 0.2) is 0 Å². The molecule has 2 aromatic rings. The Bertz CT molecular complexity index is 735. The molecule has 2 N–H and O–H groups in total. The maximum absolute atomic E-state index is 12.3. The van der Waals surface area contributed by atoms with E-state index in [0.717, 1.165) is 36.8 Å². The van der Waals surface area contributed by atoms with Gasteiger partial charge in [-0.25, -0.2) is 0 Å². The molecule has 3 rings (SSSR count). The van der Waals surface area contributed by atoms with E-state index in [0.29, 0.717) is 6.42 Å². The molecule has 1 heterocycles. The predicted molar refractivity (Wildman–Crippen MR) is 121 cm³/mol. The summed E-state index contributed by atoms with van der Waals surface area (Å²) in [6.07, 6.45) is 0.409. The van der Waals surface area contributed by atoms with Crippen LogP contribution in [0.15, 0.2) is 54.6 Å². The van der Waals surface area contributed by atoms with Gasteiger partial charge in [-0.2, -0.15) is 0 Å². The molecule has 154 valence electrons. The van der Waals surface area contributed by atoms with Gasteiger partial charge in [-0.15, -0.1) is 24.8 Å². The number of nitrogens with zero attached hydrogens (tertiary/aromatic N) is 2. The van der Waals surface area contributed by atoms with E-state index in [1.165, 1.54) is 5.56 Å². The summed E-state index contributed by atoms with van der Waals surface area (Å²) >= 11 is 6.52. The summed E-state index contributed by atoms with van der Waals surface area (Å²) in [6.45, 7) is 4.95. The van der Waals surface area contributed by atoms with E-state index in [1.54, 1.807) is 0 Å². The Morgan fingerprint density at radius 3 is 2.14 bits per heavy atom. The Hall–Kier alpha value is -1.30. The summed E-state index contributed by atoms with van der Waals surface area (Å²) in [7, 11) is 0. The molecule has 0 spiro atoms. The summed E-state index contributed by atoms with van der Waals surface area (Å²) in [5, 5.41) is 0.775. The zero-order chi connectivity index (χ0) is 18.5. The number of hydrogen-bond donors (Lipinski definition) is 1. The zero-order valence-corrected chi connectivity index (χ0v) is 18.3. The minimum atomic E-state index is -0.0966. The van der Waals surface area contributed by atoms with Crippen molar-refractivity contribution in [1.29, 1.82) is 0 Å². The van der Waals surface area contributed by atoms with Gasteiger partial charge in [0.2, 0.25) is 5.91 Å². The molecule has 1 fully saturated rings. The first-order valence-electron chi connectivity index (χ1n) is 9.13. The van der Waals surface area contributed by atoms with Crippen molar-refractivity contribution in [3.8, 4) is 0 Å². The Balaban J connectivity index is 0.00000196. The number of halogens is 3. The van der Waals surface area contributed by atoms with Crippen molar-refractivity contribution < 1.29 is 4.79 Å². The second-order valence-electron chi connectivity index (χ2n) is 6.93. The van der Waals surface area contributed by atoms with Crippen LogP contribution >= 0.6 is 36.4 Å². The molecule has 1 aliphatic rings. The van der Waals surface area contributed by atoms with Crippen LogP contribution in [-0.2, 0) is 4.79 Å². The molecule has 2 unspecified atom stereocenters. The summed E-state index contributed by atoms with van der Waals surface area (Å²) in [4.78, 5) is 16.6. The number of hydrogen-bond acceptors (Lipinski definition) is 3. The van der Waals surface area contributed by atoms with Gasteiger partial charge in [0.05, 0.1) is 6.04 Å². The quantitative estimate of drug-likeness (QED) is 0.753. The van der Waals surface area contributed by atoms with Gasteiger partial charge in [-0.05, 0) is 24.1 Å². The molecule has 0 aliphatic carbocycles. The lowest BCUT2D eigenvalue weighted by molar-refractivity contribution is -0.133. The van der Waals surface area contributed by atoms with Crippen LogP contribution in [0.25, 0.3) is 0 Å². The van der Waals surface area contributed by atoms with Gasteiger partial charge in [0, 0.05) is 43.7 Å². The fourth-order valence-corrected chi connectivity index (χ4v) is 3.79. The van der Waals surface area contributed by atoms with Crippen LogP contribution < -0.4 is 5.73 Å². The van der Waals surface area contributed by atoms with Crippen LogP contribution in [0, 0.1) is 0 Å². The molecule has 1 aliphatic heterocycles. The topological polar surface area (TPSA) is 49.6 Å². The Morgan fingerprint density at radius 1 is 1.00 bits per heavy atom. The highest BCUT2D eigenvalue weighted by atomic mass is 35.5. The summed E-state index contributed by atoms with van der Waals surface area (Å²) in [5.41, 5.74) is 8.10. The van der Waals surface area contributed by atoms with E-state index >= 15 is 0 Å². The van der Waals surface area contributed by atoms with Gasteiger partial charge in [-0.1, -0.05) is 60.1 Å². The van der Waals surface area contributed by atoms with Crippen LogP contribution in [0.1, 0.15) is 30.5 Å². The normalized spacial score (nSPS) is 16.5. The van der Waals surface area contributed by atoms with Crippen molar-refractivity contribution in [2.24, 2.45) is 5.73 Å². The van der Waals surface area contributed by atoms with Crippen molar-refractivity contribution in [1.82, 2.24) is 9.80 Å². The highest BCUT2D eigenvalue weighted by Crippen LogP contribution is 2.33. The fraction of sp³-hybridized carbons (Fsp3) is 0.381. The number of carbonyl (C=O) groups excluding carboxylic acids is 1. The molecule has 4 nitrogen and oxygen atoms in total. The number of benzene rings is 2. The summed E-state index contributed by atoms with van der Waals surface area (Å²) in [5.74, 6) is 0.147. The average molecular weight is 445 g/mol. The lowest BCUT2D eigenvalue weighted by atomic mass is 9.96. The first kappa shape index (κ1) is 24.7. The molecule has 0 saturated carbocycles. The van der Waals surface area contributed by atoms with Gasteiger partial charge in [0.25, 0.3) is 0 Å². The van der Waals surface area contributed by atoms with Gasteiger partial charge in [0.1, 0.15) is 0 Å². The molecule has 7 heteroatoms. The Kier molecular flexibility index (Phi) is 10.3. The first-order chi connectivity index (χ1) is 12.6. The van der Waals surface area contributed by atoms with Crippen molar-refractivity contribution in [2.45, 2.75) is 25.4 Å². The third-order valence-corrected chi connectivity index (χ3v) is 5.19. The fourth-order valence-electron chi connectivity index (χ4n) is 3.55. The van der Waals surface area contributed by atoms with Crippen LogP contribution in [0.3, 0.4) is 0 Å². The van der Waals surface area contributed by atoms with Crippen molar-refractivity contribution in [2.75, 3.05) is 26.2 Å². The van der Waals surface area contributed by atoms with Crippen LogP contribution in [-0.4, -0.2) is 47.9 Å². The lowest BCUT2D eigenvalue weighted by Gasteiger charge is -2.40. The number of rotatable bonds is 5. The van der Waals surface area contributed by atoms with E-state index in [4.69, 9.17) is 17.3 Å². The SMILES string of the molecule is CC(N)CC(=O)N1CCN(C(c2ccccc2)c2ccccc2Cl)CC1.Cl.Cl. The van der Waals surface area contributed by atoms with Crippen molar-refractivity contribution in [3.05, 3.63) is 70.7 Å². The summed E-state index contributed by atoms with van der Waals surface area (Å²) in [6, 6.07) is 18.4. The molecular weight excluding hydrogens is 417 g/mol. The lowest BCUT2D eigenvalue weighted by Crippen LogP contribution is -2.50. The molecule has 0 bridgehead atoms. The van der Waals surface area contributed by atoms with Crippen LogP contribution in [0.4, 0.5) is 0 Å². The monoisotopic (exact) mass is 443 g/mol. The van der Waals surface area contributed by atoms with E-state index in [-0.39, 0.29) is 42.8 Å². The largest absolute Gasteiger partial charge is 0.340 e. The number of nitrogens with two attached hydrogens (primary N) is 1. The Morgan fingerprint density at radius 2 is 1.57 bits per heavy atom. The molecule has 28 heavy (non-hydrogen) atoms. The summed E-state index contributed by atoms with van der Waals surface area (Å²) < 4.78 is 0. The minimum Gasteiger partial charge on any atom is -0.340 e. The molecule has 2 aromatic carbocycles. The zero-order valence-electron chi connectivity index (χ0n) is 16.0. The highest BCUT2D eigenvalue weighted by Gasteiger charge is 2.29. The first-order valence-corrected chi connectivity index (χ1v) is 9.51. The van der Waals surface area contributed by atoms with E-state index < -0.39 is 0 Å². The van der Waals surface area contributed by atoms with Crippen molar-refractivity contribution in [3.63, 3.8) is 0 Å². The van der Waals surface area contributed by atoms with E-state index in [9.17, 15) is 4.79 Å². The highest BCUT2D eigenvalue weighted by molar-refractivity contribution is 6.31. The van der Waals surface area contributed by atoms with Gasteiger partial charge < -0.3 is 10.6 Å². The molecule has 1 saturated heterocycles. The average Bonchev–Trinajstić information content (AvgIpc) is 2.64. The Labute approximate surface area is 184 Å².